The Morgan fingerprint density at radius 1 is 1.17 bits per heavy atom. The average molecular weight is 407 g/mol. The van der Waals surface area contributed by atoms with Crippen LogP contribution in [-0.4, -0.2) is 50.6 Å². The van der Waals surface area contributed by atoms with Crippen molar-refractivity contribution < 1.29 is 9.18 Å². The Labute approximate surface area is 175 Å². The molecule has 0 unspecified atom stereocenters. The summed E-state index contributed by atoms with van der Waals surface area (Å²) in [5, 5.41) is 4.57. The number of hydrogen-bond acceptors (Lipinski definition) is 4. The fraction of sp³-hybridized carbons (Fsp3) is 0.435. The van der Waals surface area contributed by atoms with E-state index in [1.54, 1.807) is 12.3 Å². The molecule has 1 amide bonds. The molecule has 2 fully saturated rings. The van der Waals surface area contributed by atoms with Gasteiger partial charge in [-0.05, 0) is 42.7 Å². The first-order valence-corrected chi connectivity index (χ1v) is 10.4. The minimum atomic E-state index is -1.84. The van der Waals surface area contributed by atoms with Gasteiger partial charge in [0.15, 0.2) is 0 Å². The monoisotopic (exact) mass is 407 g/mol. The van der Waals surface area contributed by atoms with Crippen LogP contribution in [0.25, 0.3) is 22.0 Å². The zero-order valence-corrected chi connectivity index (χ0v) is 17.6. The predicted octanol–water partition coefficient (Wildman–Crippen LogP) is 3.71. The van der Waals surface area contributed by atoms with Crippen LogP contribution in [0.15, 0.2) is 36.7 Å². The van der Waals surface area contributed by atoms with Gasteiger partial charge < -0.3 is 9.88 Å². The highest BCUT2D eigenvalue weighted by Gasteiger charge is 2.52. The summed E-state index contributed by atoms with van der Waals surface area (Å²) < 4.78 is 17.0. The van der Waals surface area contributed by atoms with E-state index in [0.29, 0.717) is 11.2 Å². The maximum absolute atomic E-state index is 15.0. The van der Waals surface area contributed by atoms with Gasteiger partial charge in [-0.3, -0.25) is 9.69 Å². The van der Waals surface area contributed by atoms with E-state index in [0.717, 1.165) is 34.4 Å². The van der Waals surface area contributed by atoms with Crippen LogP contribution in [0.4, 0.5) is 10.2 Å². The molecule has 0 radical (unpaired) electrons. The number of pyridine rings is 1. The largest absolute Gasteiger partial charge is 0.331 e. The lowest BCUT2D eigenvalue weighted by atomic mass is 9.93. The van der Waals surface area contributed by atoms with Crippen LogP contribution >= 0.6 is 0 Å². The van der Waals surface area contributed by atoms with Crippen molar-refractivity contribution in [3.8, 4) is 11.3 Å². The van der Waals surface area contributed by atoms with Gasteiger partial charge in [0.25, 0.3) is 5.91 Å². The number of alkyl halides is 1. The van der Waals surface area contributed by atoms with E-state index in [9.17, 15) is 9.18 Å². The summed E-state index contributed by atoms with van der Waals surface area (Å²) in [6, 6.07) is 7.85. The van der Waals surface area contributed by atoms with Crippen molar-refractivity contribution in [1.82, 2.24) is 19.4 Å². The first kappa shape index (κ1) is 19.2. The number of imidazole rings is 1. The second kappa shape index (κ2) is 6.60. The highest BCUT2D eigenvalue weighted by molar-refractivity contribution is 5.99. The molecule has 0 spiro atoms. The zero-order valence-electron chi connectivity index (χ0n) is 17.6. The van der Waals surface area contributed by atoms with Crippen molar-refractivity contribution in [2.75, 3.05) is 25.0 Å². The van der Waals surface area contributed by atoms with Crippen LogP contribution in [0.3, 0.4) is 0 Å². The second-order valence-electron chi connectivity index (χ2n) is 9.26. The third-order valence-corrected chi connectivity index (χ3v) is 6.54. The van der Waals surface area contributed by atoms with Gasteiger partial charge in [0, 0.05) is 43.8 Å². The number of carbonyl (C=O) groups excluding carboxylic acids is 1. The molecule has 6 nitrogen and oxygen atoms in total. The Hall–Kier alpha value is -2.80. The molecule has 3 heterocycles. The Morgan fingerprint density at radius 2 is 1.93 bits per heavy atom. The third kappa shape index (κ3) is 3.37. The highest BCUT2D eigenvalue weighted by Crippen LogP contribution is 2.47. The van der Waals surface area contributed by atoms with Gasteiger partial charge in [-0.25, -0.2) is 14.4 Å². The first-order chi connectivity index (χ1) is 14.2. The van der Waals surface area contributed by atoms with Gasteiger partial charge in [0.05, 0.1) is 11.9 Å². The van der Waals surface area contributed by atoms with Crippen molar-refractivity contribution in [2.45, 2.75) is 32.4 Å². The molecule has 1 saturated carbocycles. The predicted molar refractivity (Wildman–Crippen MR) is 115 cm³/mol. The molecule has 0 bridgehead atoms. The first-order valence-electron chi connectivity index (χ1n) is 10.4. The summed E-state index contributed by atoms with van der Waals surface area (Å²) in [6.07, 6.45) is 5.93. The second-order valence-corrected chi connectivity index (χ2v) is 9.26. The van der Waals surface area contributed by atoms with Crippen LogP contribution in [0.5, 0.6) is 0 Å². The number of rotatable bonds is 5. The van der Waals surface area contributed by atoms with Crippen LogP contribution in [0.1, 0.15) is 25.6 Å². The van der Waals surface area contributed by atoms with Gasteiger partial charge in [-0.15, -0.1) is 0 Å². The summed E-state index contributed by atoms with van der Waals surface area (Å²) >= 11 is 0. The smallest absolute Gasteiger partial charge is 0.265 e. The number of aromatic nitrogens is 3. The lowest BCUT2D eigenvalue weighted by molar-refractivity contribution is -0.140. The quantitative estimate of drug-likeness (QED) is 0.700. The summed E-state index contributed by atoms with van der Waals surface area (Å²) in [5.41, 5.74) is 0.523. The number of carbonyl (C=O) groups is 1. The number of hydrogen-bond donors (Lipinski definition) is 1. The van der Waals surface area contributed by atoms with Crippen LogP contribution < -0.4 is 5.32 Å². The van der Waals surface area contributed by atoms with Crippen molar-refractivity contribution in [2.24, 2.45) is 12.5 Å². The molecule has 156 valence electrons. The van der Waals surface area contributed by atoms with Gasteiger partial charge >= 0.3 is 0 Å². The lowest BCUT2D eigenvalue weighted by Crippen LogP contribution is -2.65. The van der Waals surface area contributed by atoms with Crippen LogP contribution in [0, 0.1) is 12.3 Å². The van der Waals surface area contributed by atoms with E-state index in [4.69, 9.17) is 0 Å². The maximum Gasteiger partial charge on any atom is 0.265 e. The molecular formula is C23H26FN5O. The third-order valence-electron chi connectivity index (χ3n) is 6.54. The number of benzene rings is 1. The van der Waals surface area contributed by atoms with E-state index in [2.05, 4.69) is 22.2 Å². The molecule has 0 atom stereocenters. The van der Waals surface area contributed by atoms with Crippen molar-refractivity contribution >= 4 is 22.5 Å². The molecule has 1 aliphatic carbocycles. The molecule has 1 aromatic carbocycles. The molecule has 7 heteroatoms. The number of aryl methyl sites for hydroxylation is 1. The molecule has 1 saturated heterocycles. The summed E-state index contributed by atoms with van der Waals surface area (Å²) in [4.78, 5) is 23.2. The molecule has 3 aromatic rings. The summed E-state index contributed by atoms with van der Waals surface area (Å²) in [5.74, 6) is 0.701. The molecule has 1 N–H and O–H groups in total. The van der Waals surface area contributed by atoms with E-state index < -0.39 is 11.6 Å². The SMILES string of the molecule is Cc1ncc(-c2ccc3cnc(NC(=O)C4(F)CN(CC5(C)CC5)C4)cc3c2)n1C. The lowest BCUT2D eigenvalue weighted by Gasteiger charge is -2.44. The fourth-order valence-corrected chi connectivity index (χ4v) is 4.20. The van der Waals surface area contributed by atoms with Crippen molar-refractivity contribution in [3.05, 3.63) is 42.5 Å². The average Bonchev–Trinajstić information content (AvgIpc) is 3.33. The Kier molecular flexibility index (Phi) is 4.22. The van der Waals surface area contributed by atoms with E-state index in [-0.39, 0.29) is 13.1 Å². The van der Waals surface area contributed by atoms with Gasteiger partial charge in [0.2, 0.25) is 5.67 Å². The highest BCUT2D eigenvalue weighted by atomic mass is 19.1. The van der Waals surface area contributed by atoms with Crippen LogP contribution in [-0.2, 0) is 11.8 Å². The van der Waals surface area contributed by atoms with E-state index >= 15 is 0 Å². The van der Waals surface area contributed by atoms with Gasteiger partial charge in [0.1, 0.15) is 11.6 Å². The number of fused-ring (bicyclic) bond motifs is 1. The molecule has 5 rings (SSSR count). The molecule has 2 aliphatic rings. The number of halogens is 1. The minimum absolute atomic E-state index is 0.159. The van der Waals surface area contributed by atoms with Gasteiger partial charge in [-0.2, -0.15) is 0 Å². The molecular weight excluding hydrogens is 381 g/mol. The summed E-state index contributed by atoms with van der Waals surface area (Å²) in [6.45, 7) is 5.36. The molecule has 2 aromatic heterocycles. The number of nitrogens with one attached hydrogen (secondary N) is 1. The van der Waals surface area contributed by atoms with Gasteiger partial charge in [-0.1, -0.05) is 19.1 Å². The molecule has 30 heavy (non-hydrogen) atoms. The Morgan fingerprint density at radius 3 is 2.60 bits per heavy atom. The Balaban J connectivity index is 1.32. The van der Waals surface area contributed by atoms with Crippen molar-refractivity contribution in [3.63, 3.8) is 0 Å². The number of anilines is 1. The van der Waals surface area contributed by atoms with Crippen molar-refractivity contribution in [1.29, 1.82) is 0 Å². The number of likely N-dealkylation sites (tertiary alicyclic amines) is 1. The maximum atomic E-state index is 15.0. The topological polar surface area (TPSA) is 63.1 Å². The fourth-order valence-electron chi connectivity index (χ4n) is 4.20. The molecule has 1 aliphatic heterocycles. The standard InChI is InChI=1S/C23H26FN5O/c1-15-25-11-19(28(15)3)16-4-5-17-10-26-20(9-18(17)8-16)27-21(30)23(24)13-29(14-23)12-22(2)6-7-22/h4-5,8-11H,6-7,12-14H2,1-3H3,(H,26,27,30). The number of nitrogens with zero attached hydrogens (tertiary/aromatic N) is 4. The zero-order chi connectivity index (χ0) is 21.1. The Bertz CT molecular complexity index is 1140. The van der Waals surface area contributed by atoms with Crippen LogP contribution in [0.2, 0.25) is 0 Å². The van der Waals surface area contributed by atoms with E-state index in [1.807, 2.05) is 47.8 Å². The van der Waals surface area contributed by atoms with E-state index in [1.165, 1.54) is 12.8 Å². The minimum Gasteiger partial charge on any atom is -0.331 e. The summed E-state index contributed by atoms with van der Waals surface area (Å²) in [7, 11) is 1.98. The number of amides is 1. The normalized spacial score (nSPS) is 19.5.